The van der Waals surface area contributed by atoms with Crippen LogP contribution in [-0.2, 0) is 9.53 Å². The molecule has 2 aliphatic rings. The van der Waals surface area contributed by atoms with Gasteiger partial charge in [0.1, 0.15) is 6.10 Å². The van der Waals surface area contributed by atoms with Crippen LogP contribution in [0.15, 0.2) is 18.5 Å². The van der Waals surface area contributed by atoms with Gasteiger partial charge in [-0.15, -0.1) is 0 Å². The molecule has 4 heterocycles. The molecule has 2 saturated heterocycles. The maximum atomic E-state index is 12.7. The minimum atomic E-state index is -0.319. The number of imidazole rings is 1. The number of likely N-dealkylation sites (tertiary alicyclic amines) is 2. The summed E-state index contributed by atoms with van der Waals surface area (Å²) in [7, 11) is 3.90. The molecule has 2 aliphatic heterocycles. The van der Waals surface area contributed by atoms with E-state index in [1.165, 1.54) is 0 Å². The van der Waals surface area contributed by atoms with Crippen LogP contribution in [0.5, 0.6) is 0 Å². The van der Waals surface area contributed by atoms with Crippen molar-refractivity contribution >= 4 is 34.9 Å². The highest BCUT2D eigenvalue weighted by atomic mass is 16.6. The number of nitrogens with one attached hydrogen (secondary N) is 1. The topological polar surface area (TPSA) is 135 Å². The Hall–Kier alpha value is -3.41. The minimum absolute atomic E-state index is 0.0417. The van der Waals surface area contributed by atoms with Crippen LogP contribution < -0.4 is 11.1 Å². The number of anilines is 2. The SMILES string of the molecule is CC(C)n1cnc2c(NC3CCN(C(=O)O[C@H]4CCN(C(=O)/C=C/CN(C)C)C4)CC3)nc(N)nc21. The Bertz CT molecular complexity index is 1110. The summed E-state index contributed by atoms with van der Waals surface area (Å²) in [4.78, 5) is 43.7. The molecule has 0 aliphatic carbocycles. The fraction of sp³-hybridized carbons (Fsp3) is 0.625. The monoisotopic (exact) mass is 499 g/mol. The number of nitrogen functional groups attached to an aromatic ring is 1. The van der Waals surface area contributed by atoms with E-state index in [1.54, 1.807) is 22.2 Å². The fourth-order valence-corrected chi connectivity index (χ4v) is 4.52. The number of fused-ring (bicyclic) bond motifs is 1. The fourth-order valence-electron chi connectivity index (χ4n) is 4.52. The van der Waals surface area contributed by atoms with E-state index >= 15 is 0 Å². The molecule has 0 bridgehead atoms. The number of hydrogen-bond acceptors (Lipinski definition) is 9. The van der Waals surface area contributed by atoms with Crippen LogP contribution in [-0.4, -0.2) is 105 Å². The molecule has 2 amide bonds. The van der Waals surface area contributed by atoms with E-state index in [4.69, 9.17) is 10.5 Å². The zero-order valence-corrected chi connectivity index (χ0v) is 21.6. The van der Waals surface area contributed by atoms with Crippen LogP contribution in [0, 0.1) is 0 Å². The quantitative estimate of drug-likeness (QED) is 0.546. The van der Waals surface area contributed by atoms with Gasteiger partial charge < -0.3 is 35.1 Å². The van der Waals surface area contributed by atoms with Crippen molar-refractivity contribution in [1.82, 2.24) is 34.2 Å². The van der Waals surface area contributed by atoms with Gasteiger partial charge in [0.15, 0.2) is 17.0 Å². The molecule has 12 nitrogen and oxygen atoms in total. The number of carbonyl (C=O) groups is 2. The molecular formula is C24H37N9O3. The van der Waals surface area contributed by atoms with Gasteiger partial charge in [-0.25, -0.2) is 9.78 Å². The Kier molecular flexibility index (Phi) is 7.92. The van der Waals surface area contributed by atoms with Gasteiger partial charge in [0.05, 0.1) is 12.9 Å². The van der Waals surface area contributed by atoms with Gasteiger partial charge in [-0.05, 0) is 40.8 Å². The summed E-state index contributed by atoms with van der Waals surface area (Å²) in [5, 5.41) is 3.45. The molecule has 2 aromatic rings. The predicted octanol–water partition coefficient (Wildman–Crippen LogP) is 1.72. The van der Waals surface area contributed by atoms with Crippen molar-refractivity contribution in [1.29, 1.82) is 0 Å². The average molecular weight is 500 g/mol. The Balaban J connectivity index is 1.26. The number of piperidine rings is 1. The molecule has 0 saturated carbocycles. The molecule has 0 radical (unpaired) electrons. The van der Waals surface area contributed by atoms with E-state index < -0.39 is 0 Å². The number of ether oxygens (including phenoxy) is 1. The lowest BCUT2D eigenvalue weighted by Crippen LogP contribution is -2.44. The maximum Gasteiger partial charge on any atom is 0.410 e. The molecule has 1 atom stereocenters. The third-order valence-corrected chi connectivity index (χ3v) is 6.54. The second kappa shape index (κ2) is 11.1. The van der Waals surface area contributed by atoms with Gasteiger partial charge in [-0.1, -0.05) is 6.08 Å². The number of hydrogen-bond donors (Lipinski definition) is 2. The highest BCUT2D eigenvalue weighted by Gasteiger charge is 2.31. The summed E-state index contributed by atoms with van der Waals surface area (Å²) >= 11 is 0. The number of carbonyl (C=O) groups excluding carboxylic acids is 2. The summed E-state index contributed by atoms with van der Waals surface area (Å²) in [6, 6.07) is 0.334. The first-order valence-corrected chi connectivity index (χ1v) is 12.5. The lowest BCUT2D eigenvalue weighted by atomic mass is 10.1. The first kappa shape index (κ1) is 25.7. The zero-order chi connectivity index (χ0) is 25.8. The van der Waals surface area contributed by atoms with Crippen LogP contribution >= 0.6 is 0 Å². The van der Waals surface area contributed by atoms with Crippen molar-refractivity contribution < 1.29 is 14.3 Å². The van der Waals surface area contributed by atoms with Crippen molar-refractivity contribution in [2.75, 3.05) is 57.9 Å². The Labute approximate surface area is 211 Å². The van der Waals surface area contributed by atoms with Crippen molar-refractivity contribution in [3.8, 4) is 0 Å². The lowest BCUT2D eigenvalue weighted by molar-refractivity contribution is -0.125. The molecular weight excluding hydrogens is 462 g/mol. The van der Waals surface area contributed by atoms with Crippen LogP contribution in [0.1, 0.15) is 39.2 Å². The Morgan fingerprint density at radius 2 is 1.92 bits per heavy atom. The number of aromatic nitrogens is 4. The zero-order valence-electron chi connectivity index (χ0n) is 21.6. The smallest absolute Gasteiger partial charge is 0.410 e. The molecule has 196 valence electrons. The largest absolute Gasteiger partial charge is 0.444 e. The van der Waals surface area contributed by atoms with Gasteiger partial charge in [-0.2, -0.15) is 9.97 Å². The molecule has 36 heavy (non-hydrogen) atoms. The molecule has 4 rings (SSSR count). The summed E-state index contributed by atoms with van der Waals surface area (Å²) in [5.74, 6) is 0.777. The lowest BCUT2D eigenvalue weighted by Gasteiger charge is -2.32. The number of likely N-dealkylation sites (N-methyl/N-ethyl adjacent to an activating group) is 1. The van der Waals surface area contributed by atoms with Crippen LogP contribution in [0.3, 0.4) is 0 Å². The van der Waals surface area contributed by atoms with E-state index in [-0.39, 0.29) is 36.1 Å². The maximum absolute atomic E-state index is 12.7. The molecule has 0 aromatic carbocycles. The normalized spacial score (nSPS) is 19.2. The molecule has 2 fully saturated rings. The van der Waals surface area contributed by atoms with E-state index in [1.807, 2.05) is 29.6 Å². The third kappa shape index (κ3) is 6.04. The van der Waals surface area contributed by atoms with Crippen LogP contribution in [0.2, 0.25) is 0 Å². The molecule has 3 N–H and O–H groups in total. The van der Waals surface area contributed by atoms with Gasteiger partial charge in [0, 0.05) is 50.8 Å². The first-order valence-electron chi connectivity index (χ1n) is 12.5. The van der Waals surface area contributed by atoms with Crippen LogP contribution in [0.4, 0.5) is 16.6 Å². The van der Waals surface area contributed by atoms with E-state index in [0.29, 0.717) is 56.1 Å². The summed E-state index contributed by atoms with van der Waals surface area (Å²) < 4.78 is 7.68. The Morgan fingerprint density at radius 1 is 1.19 bits per heavy atom. The number of rotatable bonds is 7. The van der Waals surface area contributed by atoms with E-state index in [2.05, 4.69) is 34.1 Å². The van der Waals surface area contributed by atoms with E-state index in [9.17, 15) is 9.59 Å². The minimum Gasteiger partial charge on any atom is -0.444 e. The van der Waals surface area contributed by atoms with Crippen molar-refractivity contribution in [2.45, 2.75) is 51.3 Å². The van der Waals surface area contributed by atoms with Crippen molar-refractivity contribution in [3.05, 3.63) is 18.5 Å². The van der Waals surface area contributed by atoms with Gasteiger partial charge in [0.2, 0.25) is 11.9 Å². The summed E-state index contributed by atoms with van der Waals surface area (Å²) in [6.45, 7) is 7.00. The Morgan fingerprint density at radius 3 is 2.61 bits per heavy atom. The molecule has 0 unspecified atom stereocenters. The first-order chi connectivity index (χ1) is 17.2. The van der Waals surface area contributed by atoms with E-state index in [0.717, 1.165) is 12.8 Å². The number of amides is 2. The third-order valence-electron chi connectivity index (χ3n) is 6.54. The molecule has 12 heteroatoms. The second-order valence-electron chi connectivity index (χ2n) is 10.00. The average Bonchev–Trinajstić information content (AvgIpc) is 3.46. The molecule has 0 spiro atoms. The molecule has 2 aromatic heterocycles. The number of nitrogens with zero attached hydrogens (tertiary/aromatic N) is 7. The highest BCUT2D eigenvalue weighted by Crippen LogP contribution is 2.25. The summed E-state index contributed by atoms with van der Waals surface area (Å²) in [6.07, 6.45) is 6.75. The van der Waals surface area contributed by atoms with Gasteiger partial charge in [0.25, 0.3) is 0 Å². The second-order valence-corrected chi connectivity index (χ2v) is 10.00. The van der Waals surface area contributed by atoms with Crippen LogP contribution in [0.25, 0.3) is 11.2 Å². The van der Waals surface area contributed by atoms with Gasteiger partial charge >= 0.3 is 6.09 Å². The summed E-state index contributed by atoms with van der Waals surface area (Å²) in [5.41, 5.74) is 7.36. The standard InChI is InChI=1S/C24H37N9O3/c1-16(2)33-15-26-20-21(28-23(25)29-22(20)33)27-17-7-11-31(12-8-17)24(35)36-18-9-13-32(14-18)19(34)6-5-10-30(3)4/h5-6,15-18H,7-14H2,1-4H3,(H3,25,27,28,29)/b6-5+/t18-/m0/s1. The van der Waals surface area contributed by atoms with Crippen molar-refractivity contribution in [2.24, 2.45) is 0 Å². The van der Waals surface area contributed by atoms with Crippen molar-refractivity contribution in [3.63, 3.8) is 0 Å². The predicted molar refractivity (Wildman–Crippen MR) is 137 cm³/mol. The highest BCUT2D eigenvalue weighted by molar-refractivity contribution is 5.88. The van der Waals surface area contributed by atoms with Gasteiger partial charge in [-0.3, -0.25) is 4.79 Å². The number of nitrogens with two attached hydrogens (primary N) is 1.